The van der Waals surface area contributed by atoms with Gasteiger partial charge < -0.3 is 5.11 Å². The Balaban J connectivity index is 2.49. The lowest BCUT2D eigenvalue weighted by atomic mass is 9.95. The van der Waals surface area contributed by atoms with Crippen LogP contribution in [0.3, 0.4) is 0 Å². The average Bonchev–Trinajstić information content (AvgIpc) is 2.57. The summed E-state index contributed by atoms with van der Waals surface area (Å²) in [6.45, 7) is 8.12. The van der Waals surface area contributed by atoms with Crippen molar-refractivity contribution in [1.82, 2.24) is 0 Å². The summed E-state index contributed by atoms with van der Waals surface area (Å²) in [7, 11) is 0. The molecule has 0 aliphatic carbocycles. The minimum atomic E-state index is -0.582. The van der Waals surface area contributed by atoms with Crippen molar-refractivity contribution in [2.75, 3.05) is 0 Å². The van der Waals surface area contributed by atoms with Gasteiger partial charge in [-0.25, -0.2) is 0 Å². The smallest absolute Gasteiger partial charge is 0.114 e. The number of halogens is 1. The summed E-state index contributed by atoms with van der Waals surface area (Å²) in [5.41, 5.74) is 5.50. The molecule has 1 aromatic carbocycles. The van der Waals surface area contributed by atoms with Gasteiger partial charge in [0.2, 0.25) is 0 Å². The molecule has 2 aromatic rings. The van der Waals surface area contributed by atoms with Gasteiger partial charge in [-0.3, -0.25) is 0 Å². The molecule has 0 saturated carbocycles. The summed E-state index contributed by atoms with van der Waals surface area (Å²) in [5, 5.41) is 10.5. The van der Waals surface area contributed by atoms with E-state index in [0.29, 0.717) is 0 Å². The van der Waals surface area contributed by atoms with Crippen molar-refractivity contribution in [2.24, 2.45) is 0 Å². The Hall–Kier alpha value is -0.830. The first-order valence-corrected chi connectivity index (χ1v) is 7.11. The molecule has 0 spiro atoms. The zero-order valence-corrected chi connectivity index (χ0v) is 12.6. The third kappa shape index (κ3) is 2.46. The van der Waals surface area contributed by atoms with Crippen LogP contribution in [0.5, 0.6) is 0 Å². The van der Waals surface area contributed by atoms with Crippen molar-refractivity contribution in [2.45, 2.75) is 33.8 Å². The SMILES string of the molecule is Cc1cc(C)c(C(O)c2cc(C)c(Cl)s2)c(C)c1. The molecule has 1 atom stereocenters. The molecule has 1 aromatic heterocycles. The maximum absolute atomic E-state index is 10.5. The fraction of sp³-hybridized carbons (Fsp3) is 0.333. The molecule has 0 bridgehead atoms. The number of aryl methyl sites for hydroxylation is 4. The van der Waals surface area contributed by atoms with Crippen LogP contribution in [0.1, 0.15) is 38.8 Å². The van der Waals surface area contributed by atoms with E-state index in [0.717, 1.165) is 31.5 Å². The van der Waals surface area contributed by atoms with E-state index in [4.69, 9.17) is 11.6 Å². The van der Waals surface area contributed by atoms with E-state index in [9.17, 15) is 5.11 Å². The van der Waals surface area contributed by atoms with E-state index in [-0.39, 0.29) is 0 Å². The van der Waals surface area contributed by atoms with Gasteiger partial charge in [-0.2, -0.15) is 0 Å². The highest BCUT2D eigenvalue weighted by Gasteiger charge is 2.18. The van der Waals surface area contributed by atoms with Gasteiger partial charge in [0.15, 0.2) is 0 Å². The van der Waals surface area contributed by atoms with Gasteiger partial charge in [0.25, 0.3) is 0 Å². The van der Waals surface area contributed by atoms with Crippen molar-refractivity contribution in [3.63, 3.8) is 0 Å². The third-order valence-electron chi connectivity index (χ3n) is 3.16. The highest BCUT2D eigenvalue weighted by atomic mass is 35.5. The standard InChI is InChI=1S/C15H17ClOS/c1-8-5-9(2)13(10(3)6-8)14(17)12-7-11(4)15(16)18-12/h5-7,14,17H,1-4H3. The Kier molecular flexibility index (Phi) is 3.81. The van der Waals surface area contributed by atoms with Crippen LogP contribution >= 0.6 is 22.9 Å². The normalized spacial score (nSPS) is 12.8. The summed E-state index contributed by atoms with van der Waals surface area (Å²) < 4.78 is 0.756. The van der Waals surface area contributed by atoms with Gasteiger partial charge in [-0.15, -0.1) is 11.3 Å². The second kappa shape index (κ2) is 5.04. The second-order valence-corrected chi connectivity index (χ2v) is 6.51. The summed E-state index contributed by atoms with van der Waals surface area (Å²) in [6.07, 6.45) is -0.582. The Morgan fingerprint density at radius 1 is 1.00 bits per heavy atom. The van der Waals surface area contributed by atoms with Gasteiger partial charge in [0.1, 0.15) is 6.10 Å². The molecule has 2 rings (SSSR count). The molecule has 0 radical (unpaired) electrons. The van der Waals surface area contributed by atoms with E-state index >= 15 is 0 Å². The van der Waals surface area contributed by atoms with Gasteiger partial charge in [-0.05, 0) is 56.0 Å². The van der Waals surface area contributed by atoms with Crippen LogP contribution in [0.4, 0.5) is 0 Å². The topological polar surface area (TPSA) is 20.2 Å². The van der Waals surface area contributed by atoms with Gasteiger partial charge in [0.05, 0.1) is 4.34 Å². The second-order valence-electron chi connectivity index (χ2n) is 4.82. The number of benzene rings is 1. The summed E-state index contributed by atoms with van der Waals surface area (Å²) in [4.78, 5) is 0.910. The van der Waals surface area contributed by atoms with E-state index in [1.807, 2.05) is 26.8 Å². The van der Waals surface area contributed by atoms with Crippen LogP contribution in [0.15, 0.2) is 18.2 Å². The molecule has 0 amide bonds. The van der Waals surface area contributed by atoms with Crippen molar-refractivity contribution in [3.8, 4) is 0 Å². The average molecular weight is 281 g/mol. The molecular weight excluding hydrogens is 264 g/mol. The third-order valence-corrected chi connectivity index (χ3v) is 4.76. The fourth-order valence-electron chi connectivity index (χ4n) is 2.38. The molecule has 1 unspecified atom stereocenters. The zero-order valence-electron chi connectivity index (χ0n) is 11.0. The largest absolute Gasteiger partial charge is 0.383 e. The summed E-state index contributed by atoms with van der Waals surface area (Å²) in [6, 6.07) is 6.18. The molecular formula is C15H17ClOS. The number of hydrogen-bond donors (Lipinski definition) is 1. The molecule has 96 valence electrons. The highest BCUT2D eigenvalue weighted by molar-refractivity contribution is 7.16. The number of aliphatic hydroxyl groups excluding tert-OH is 1. The van der Waals surface area contributed by atoms with Crippen LogP contribution in [0.25, 0.3) is 0 Å². The van der Waals surface area contributed by atoms with E-state index in [1.165, 1.54) is 16.9 Å². The van der Waals surface area contributed by atoms with Gasteiger partial charge in [0, 0.05) is 4.88 Å². The first kappa shape index (κ1) is 13.6. The van der Waals surface area contributed by atoms with E-state index in [2.05, 4.69) is 19.1 Å². The molecule has 0 saturated heterocycles. The zero-order chi connectivity index (χ0) is 13.4. The van der Waals surface area contributed by atoms with Gasteiger partial charge >= 0.3 is 0 Å². The Bertz CT molecular complexity index is 544. The fourth-order valence-corrected chi connectivity index (χ4v) is 3.60. The predicted octanol–water partition coefficient (Wildman–Crippen LogP) is 4.72. The minimum absolute atomic E-state index is 0.582. The summed E-state index contributed by atoms with van der Waals surface area (Å²) in [5.74, 6) is 0. The van der Waals surface area contributed by atoms with Crippen molar-refractivity contribution in [3.05, 3.63) is 55.2 Å². The number of hydrogen-bond acceptors (Lipinski definition) is 2. The summed E-state index contributed by atoms with van der Waals surface area (Å²) >= 11 is 7.53. The molecule has 1 heterocycles. The number of aliphatic hydroxyl groups is 1. The highest BCUT2D eigenvalue weighted by Crippen LogP contribution is 2.36. The molecule has 18 heavy (non-hydrogen) atoms. The molecule has 0 aliphatic heterocycles. The first-order valence-electron chi connectivity index (χ1n) is 5.91. The van der Waals surface area contributed by atoms with Crippen LogP contribution in [-0.4, -0.2) is 5.11 Å². The Labute approximate surface area is 117 Å². The van der Waals surface area contributed by atoms with E-state index < -0.39 is 6.10 Å². The monoisotopic (exact) mass is 280 g/mol. The quantitative estimate of drug-likeness (QED) is 0.844. The lowest BCUT2D eigenvalue weighted by Crippen LogP contribution is -2.03. The molecule has 1 N–H and O–H groups in total. The van der Waals surface area contributed by atoms with Gasteiger partial charge in [-0.1, -0.05) is 29.3 Å². The van der Waals surface area contributed by atoms with Crippen LogP contribution in [0, 0.1) is 27.7 Å². The maximum atomic E-state index is 10.5. The van der Waals surface area contributed by atoms with Crippen molar-refractivity contribution >= 4 is 22.9 Å². The molecule has 0 aliphatic rings. The first-order chi connectivity index (χ1) is 8.40. The Morgan fingerprint density at radius 2 is 1.56 bits per heavy atom. The lowest BCUT2D eigenvalue weighted by molar-refractivity contribution is 0.222. The molecule has 3 heteroatoms. The Morgan fingerprint density at radius 3 is 2.00 bits per heavy atom. The van der Waals surface area contributed by atoms with Crippen molar-refractivity contribution < 1.29 is 5.11 Å². The van der Waals surface area contributed by atoms with Crippen LogP contribution in [-0.2, 0) is 0 Å². The lowest BCUT2D eigenvalue weighted by Gasteiger charge is -2.16. The number of thiophene rings is 1. The van der Waals surface area contributed by atoms with Crippen LogP contribution in [0.2, 0.25) is 4.34 Å². The molecule has 0 fully saturated rings. The van der Waals surface area contributed by atoms with Crippen molar-refractivity contribution in [1.29, 1.82) is 0 Å². The molecule has 1 nitrogen and oxygen atoms in total. The number of rotatable bonds is 2. The minimum Gasteiger partial charge on any atom is -0.383 e. The predicted molar refractivity (Wildman–Crippen MR) is 78.8 cm³/mol. The van der Waals surface area contributed by atoms with E-state index in [1.54, 1.807) is 0 Å². The maximum Gasteiger partial charge on any atom is 0.114 e. The van der Waals surface area contributed by atoms with Crippen LogP contribution < -0.4 is 0 Å².